The predicted octanol–water partition coefficient (Wildman–Crippen LogP) is 2.43. The quantitative estimate of drug-likeness (QED) is 0.793. The molecule has 0 bridgehead atoms. The molecule has 7 nitrogen and oxygen atoms in total. The standard InChI is InChI=1S/C14H12FN5O2S/c1-8-17-18-14(23-8)16-13(21)12-11(22-2)7-20(19-12)10-5-3-9(15)4-6-10/h3-7H,1-2H3,(H,16,18,21). The maximum Gasteiger partial charge on any atom is 0.281 e. The molecule has 1 N–H and O–H groups in total. The van der Waals surface area contributed by atoms with E-state index in [2.05, 4.69) is 20.6 Å². The van der Waals surface area contributed by atoms with Gasteiger partial charge in [-0.25, -0.2) is 9.07 Å². The van der Waals surface area contributed by atoms with Crippen molar-refractivity contribution in [3.05, 3.63) is 47.0 Å². The number of carbonyl (C=O) groups is 1. The van der Waals surface area contributed by atoms with Crippen LogP contribution in [0.5, 0.6) is 5.75 Å². The topological polar surface area (TPSA) is 81.9 Å². The van der Waals surface area contributed by atoms with E-state index in [-0.39, 0.29) is 11.5 Å². The van der Waals surface area contributed by atoms with Crippen LogP contribution in [0.15, 0.2) is 30.5 Å². The number of nitrogens with one attached hydrogen (secondary N) is 1. The van der Waals surface area contributed by atoms with Gasteiger partial charge in [0.1, 0.15) is 10.8 Å². The number of ether oxygens (including phenoxy) is 1. The predicted molar refractivity (Wildman–Crippen MR) is 82.7 cm³/mol. The zero-order chi connectivity index (χ0) is 16.4. The fourth-order valence-electron chi connectivity index (χ4n) is 1.89. The molecule has 0 unspecified atom stereocenters. The van der Waals surface area contributed by atoms with Crippen LogP contribution < -0.4 is 10.1 Å². The molecule has 118 valence electrons. The molecule has 2 aromatic heterocycles. The Balaban J connectivity index is 1.89. The van der Waals surface area contributed by atoms with Gasteiger partial charge in [0, 0.05) is 0 Å². The van der Waals surface area contributed by atoms with Gasteiger partial charge in [-0.05, 0) is 31.2 Å². The number of amides is 1. The summed E-state index contributed by atoms with van der Waals surface area (Å²) in [6.45, 7) is 1.79. The van der Waals surface area contributed by atoms with Crippen molar-refractivity contribution in [1.82, 2.24) is 20.0 Å². The lowest BCUT2D eigenvalue weighted by Gasteiger charge is -2.00. The number of anilines is 1. The molecule has 0 spiro atoms. The van der Waals surface area contributed by atoms with Gasteiger partial charge in [0.2, 0.25) is 5.13 Å². The number of nitrogens with zero attached hydrogens (tertiary/aromatic N) is 4. The maximum atomic E-state index is 13.0. The summed E-state index contributed by atoms with van der Waals surface area (Å²) in [5.74, 6) is -0.510. The molecule has 0 saturated carbocycles. The molecule has 1 aromatic carbocycles. The third-order valence-corrected chi connectivity index (χ3v) is 3.71. The Bertz CT molecular complexity index is 843. The number of hydrogen-bond acceptors (Lipinski definition) is 6. The van der Waals surface area contributed by atoms with Gasteiger partial charge in [-0.1, -0.05) is 11.3 Å². The second kappa shape index (κ2) is 6.13. The molecule has 0 fully saturated rings. The Labute approximate surface area is 134 Å². The second-order valence-electron chi connectivity index (χ2n) is 4.55. The first kappa shape index (κ1) is 15.1. The van der Waals surface area contributed by atoms with E-state index in [1.165, 1.54) is 35.3 Å². The van der Waals surface area contributed by atoms with Crippen LogP contribution in [0.1, 0.15) is 15.5 Å². The molecule has 0 aliphatic carbocycles. The van der Waals surface area contributed by atoms with Gasteiger partial charge in [-0.3, -0.25) is 10.1 Å². The van der Waals surface area contributed by atoms with Gasteiger partial charge in [-0.2, -0.15) is 5.10 Å². The zero-order valence-electron chi connectivity index (χ0n) is 12.3. The molecule has 3 rings (SSSR count). The van der Waals surface area contributed by atoms with Gasteiger partial charge < -0.3 is 4.74 Å². The number of methoxy groups -OCH3 is 1. The third kappa shape index (κ3) is 3.19. The van der Waals surface area contributed by atoms with Gasteiger partial charge in [0.25, 0.3) is 5.91 Å². The summed E-state index contributed by atoms with van der Waals surface area (Å²) in [6.07, 6.45) is 1.55. The minimum absolute atomic E-state index is 0.102. The number of halogens is 1. The molecule has 9 heteroatoms. The fourth-order valence-corrected chi connectivity index (χ4v) is 2.48. The first-order valence-corrected chi connectivity index (χ1v) is 7.39. The van der Waals surface area contributed by atoms with Crippen molar-refractivity contribution in [1.29, 1.82) is 0 Å². The number of hydrogen-bond donors (Lipinski definition) is 1. The Morgan fingerprint density at radius 1 is 1.30 bits per heavy atom. The minimum atomic E-state index is -0.459. The number of aryl methyl sites for hydroxylation is 1. The second-order valence-corrected chi connectivity index (χ2v) is 5.73. The lowest BCUT2D eigenvalue weighted by atomic mass is 10.3. The first-order valence-electron chi connectivity index (χ1n) is 6.58. The average molecular weight is 333 g/mol. The van der Waals surface area contributed by atoms with Gasteiger partial charge in [0.05, 0.1) is 19.0 Å². The first-order chi connectivity index (χ1) is 11.1. The van der Waals surface area contributed by atoms with E-state index in [1.807, 2.05) is 0 Å². The largest absolute Gasteiger partial charge is 0.493 e. The number of aromatic nitrogens is 4. The molecule has 0 radical (unpaired) electrons. The van der Waals surface area contributed by atoms with Crippen molar-refractivity contribution in [2.75, 3.05) is 12.4 Å². The Hall–Kier alpha value is -2.81. The summed E-state index contributed by atoms with van der Waals surface area (Å²) >= 11 is 1.26. The highest BCUT2D eigenvalue weighted by Gasteiger charge is 2.19. The molecule has 0 atom stereocenters. The number of benzene rings is 1. The summed E-state index contributed by atoms with van der Waals surface area (Å²) in [6, 6.07) is 5.73. The van der Waals surface area contributed by atoms with Crippen LogP contribution in [0.2, 0.25) is 0 Å². The molecule has 3 aromatic rings. The molecular weight excluding hydrogens is 321 g/mol. The van der Waals surface area contributed by atoms with Crippen molar-refractivity contribution < 1.29 is 13.9 Å². The highest BCUT2D eigenvalue weighted by atomic mass is 32.1. The summed E-state index contributed by atoms with van der Waals surface area (Å²) in [5.41, 5.74) is 0.709. The van der Waals surface area contributed by atoms with Crippen LogP contribution in [-0.4, -0.2) is 33.0 Å². The van der Waals surface area contributed by atoms with E-state index in [1.54, 1.807) is 25.3 Å². The van der Waals surface area contributed by atoms with E-state index in [0.29, 0.717) is 16.6 Å². The SMILES string of the molecule is COc1cn(-c2ccc(F)cc2)nc1C(=O)Nc1nnc(C)s1. The monoisotopic (exact) mass is 333 g/mol. The number of carbonyl (C=O) groups excluding carboxylic acids is 1. The number of rotatable bonds is 4. The van der Waals surface area contributed by atoms with Crippen LogP contribution in [0.3, 0.4) is 0 Å². The molecule has 0 aliphatic rings. The van der Waals surface area contributed by atoms with Crippen LogP contribution in [-0.2, 0) is 0 Å². The Morgan fingerprint density at radius 2 is 2.04 bits per heavy atom. The zero-order valence-corrected chi connectivity index (χ0v) is 13.1. The van der Waals surface area contributed by atoms with Crippen LogP contribution in [0, 0.1) is 12.7 Å². The summed E-state index contributed by atoms with van der Waals surface area (Å²) in [5, 5.41) is 15.6. The van der Waals surface area contributed by atoms with Crippen LogP contribution in [0.25, 0.3) is 5.69 Å². The summed E-state index contributed by atoms with van der Waals surface area (Å²) in [4.78, 5) is 12.3. The lowest BCUT2D eigenvalue weighted by molar-refractivity contribution is 0.101. The molecular formula is C14H12FN5O2S. The highest BCUT2D eigenvalue weighted by Crippen LogP contribution is 2.22. The van der Waals surface area contributed by atoms with Crippen molar-refractivity contribution in [2.45, 2.75) is 6.92 Å². The van der Waals surface area contributed by atoms with Crippen molar-refractivity contribution in [3.8, 4) is 11.4 Å². The molecule has 23 heavy (non-hydrogen) atoms. The van der Waals surface area contributed by atoms with Gasteiger partial charge >= 0.3 is 0 Å². The van der Waals surface area contributed by atoms with Crippen LogP contribution in [0.4, 0.5) is 9.52 Å². The van der Waals surface area contributed by atoms with E-state index in [4.69, 9.17) is 4.74 Å². The summed E-state index contributed by atoms with van der Waals surface area (Å²) < 4.78 is 19.6. The van der Waals surface area contributed by atoms with Crippen molar-refractivity contribution in [2.24, 2.45) is 0 Å². The van der Waals surface area contributed by atoms with Gasteiger partial charge in [-0.15, -0.1) is 10.2 Å². The van der Waals surface area contributed by atoms with Gasteiger partial charge in [0.15, 0.2) is 11.4 Å². The summed E-state index contributed by atoms with van der Waals surface area (Å²) in [7, 11) is 1.44. The van der Waals surface area contributed by atoms with E-state index in [0.717, 1.165) is 5.01 Å². The van der Waals surface area contributed by atoms with Crippen molar-refractivity contribution in [3.63, 3.8) is 0 Å². The third-order valence-electron chi connectivity index (χ3n) is 2.95. The molecule has 1 amide bonds. The lowest BCUT2D eigenvalue weighted by Crippen LogP contribution is -2.14. The fraction of sp³-hybridized carbons (Fsp3) is 0.143. The molecule has 2 heterocycles. The van der Waals surface area contributed by atoms with Crippen molar-refractivity contribution >= 4 is 22.4 Å². The minimum Gasteiger partial charge on any atom is -0.493 e. The van der Waals surface area contributed by atoms with Crippen LogP contribution >= 0.6 is 11.3 Å². The molecule has 0 saturated heterocycles. The highest BCUT2D eigenvalue weighted by molar-refractivity contribution is 7.15. The normalized spacial score (nSPS) is 10.6. The van der Waals surface area contributed by atoms with E-state index in [9.17, 15) is 9.18 Å². The van der Waals surface area contributed by atoms with E-state index < -0.39 is 5.91 Å². The Morgan fingerprint density at radius 3 is 2.65 bits per heavy atom. The average Bonchev–Trinajstić information content (AvgIpc) is 3.14. The Kier molecular flexibility index (Phi) is 4.02. The smallest absolute Gasteiger partial charge is 0.281 e. The molecule has 0 aliphatic heterocycles. The van der Waals surface area contributed by atoms with E-state index >= 15 is 0 Å². The maximum absolute atomic E-state index is 13.0.